The van der Waals surface area contributed by atoms with Gasteiger partial charge in [-0.2, -0.15) is 0 Å². The summed E-state index contributed by atoms with van der Waals surface area (Å²) in [5, 5.41) is 0. The predicted octanol–water partition coefficient (Wildman–Crippen LogP) is 8.51. The SMILES string of the molecule is CCCC(=O)OS(c1ccc(Br)cc1)(c1ccc(Br)cc1)c1ccc(Br)cc1. The van der Waals surface area contributed by atoms with Crippen LogP contribution in [-0.4, -0.2) is 5.97 Å². The number of carbonyl (C=O) groups is 1. The van der Waals surface area contributed by atoms with Crippen LogP contribution < -0.4 is 0 Å². The van der Waals surface area contributed by atoms with Gasteiger partial charge in [0.2, 0.25) is 0 Å². The van der Waals surface area contributed by atoms with Crippen molar-refractivity contribution in [3.8, 4) is 0 Å². The van der Waals surface area contributed by atoms with Crippen LogP contribution in [-0.2, 0) is 8.98 Å². The Hall–Kier alpha value is -1.08. The van der Waals surface area contributed by atoms with Gasteiger partial charge in [0.05, 0.1) is 0 Å². The van der Waals surface area contributed by atoms with Crippen LogP contribution in [0.15, 0.2) is 101 Å². The summed E-state index contributed by atoms with van der Waals surface area (Å²) in [5.74, 6) is -0.189. The molecule has 0 aliphatic carbocycles. The molecule has 0 N–H and O–H groups in total. The Morgan fingerprint density at radius 3 is 1.32 bits per heavy atom. The molecule has 0 heterocycles. The molecule has 0 aliphatic heterocycles. The Morgan fingerprint density at radius 2 is 1.04 bits per heavy atom. The summed E-state index contributed by atoms with van der Waals surface area (Å²) in [6.07, 6.45) is 1.13. The third-order valence-corrected chi connectivity index (χ3v) is 8.94. The van der Waals surface area contributed by atoms with Crippen molar-refractivity contribution < 1.29 is 8.98 Å². The van der Waals surface area contributed by atoms with E-state index in [2.05, 4.69) is 47.8 Å². The summed E-state index contributed by atoms with van der Waals surface area (Å²) in [6, 6.07) is 24.1. The fourth-order valence-corrected chi connectivity index (χ4v) is 6.63. The third kappa shape index (κ3) is 4.73. The molecular weight excluding hydrogens is 568 g/mol. The highest BCUT2D eigenvalue weighted by Crippen LogP contribution is 2.69. The Balaban J connectivity index is 2.29. The highest BCUT2D eigenvalue weighted by molar-refractivity contribution is 9.11. The second-order valence-corrected chi connectivity index (χ2v) is 11.6. The normalized spacial score (nSPS) is 11.9. The monoisotopic (exact) mass is 584 g/mol. The van der Waals surface area contributed by atoms with Crippen molar-refractivity contribution in [2.24, 2.45) is 0 Å². The lowest BCUT2D eigenvalue weighted by Crippen LogP contribution is -2.13. The molecule has 0 bridgehead atoms. The maximum absolute atomic E-state index is 12.8. The zero-order chi connectivity index (χ0) is 20.1. The van der Waals surface area contributed by atoms with E-state index in [0.29, 0.717) is 6.42 Å². The zero-order valence-corrected chi connectivity index (χ0v) is 20.8. The topological polar surface area (TPSA) is 26.3 Å². The average molecular weight is 587 g/mol. The molecule has 0 saturated heterocycles. The Labute approximate surface area is 192 Å². The Morgan fingerprint density at radius 1 is 0.714 bits per heavy atom. The number of halogens is 3. The maximum Gasteiger partial charge on any atom is 0.317 e. The minimum absolute atomic E-state index is 0.189. The van der Waals surface area contributed by atoms with Gasteiger partial charge in [-0.05, 0) is 89.5 Å². The van der Waals surface area contributed by atoms with E-state index in [9.17, 15) is 4.79 Å². The lowest BCUT2D eigenvalue weighted by molar-refractivity contribution is -0.133. The smallest absolute Gasteiger partial charge is 0.317 e. The molecular formula is C22H19Br3O2S. The van der Waals surface area contributed by atoms with Crippen LogP contribution in [0.2, 0.25) is 0 Å². The molecule has 0 aliphatic rings. The molecule has 3 rings (SSSR count). The average Bonchev–Trinajstić information content (AvgIpc) is 2.68. The first-order valence-electron chi connectivity index (χ1n) is 8.78. The molecule has 0 unspecified atom stereocenters. The quantitative estimate of drug-likeness (QED) is 0.289. The van der Waals surface area contributed by atoms with E-state index < -0.39 is 10.3 Å². The van der Waals surface area contributed by atoms with Crippen LogP contribution in [0.3, 0.4) is 0 Å². The second-order valence-electron chi connectivity index (χ2n) is 6.12. The summed E-state index contributed by atoms with van der Waals surface area (Å²) >= 11 is 10.5. The highest BCUT2D eigenvalue weighted by Gasteiger charge is 2.35. The van der Waals surface area contributed by atoms with Crippen molar-refractivity contribution in [1.29, 1.82) is 0 Å². The van der Waals surface area contributed by atoms with Crippen LogP contribution in [0.25, 0.3) is 0 Å². The lowest BCUT2D eigenvalue weighted by atomic mass is 10.3. The molecule has 28 heavy (non-hydrogen) atoms. The van der Waals surface area contributed by atoms with Crippen molar-refractivity contribution in [3.05, 3.63) is 86.2 Å². The first-order valence-corrected chi connectivity index (χ1v) is 12.7. The van der Waals surface area contributed by atoms with Crippen LogP contribution in [0, 0.1) is 0 Å². The summed E-state index contributed by atoms with van der Waals surface area (Å²) < 4.78 is 9.30. The van der Waals surface area contributed by atoms with Crippen LogP contribution in [0.5, 0.6) is 0 Å². The van der Waals surface area contributed by atoms with Crippen LogP contribution in [0.4, 0.5) is 0 Å². The molecule has 3 aromatic rings. The molecule has 0 radical (unpaired) electrons. The predicted molar refractivity (Wildman–Crippen MR) is 126 cm³/mol. The summed E-state index contributed by atoms with van der Waals surface area (Å²) in [4.78, 5) is 15.7. The molecule has 3 aromatic carbocycles. The maximum atomic E-state index is 12.8. The van der Waals surface area contributed by atoms with E-state index >= 15 is 0 Å². The molecule has 0 fully saturated rings. The number of hydrogen-bond donors (Lipinski definition) is 0. The number of benzene rings is 3. The molecule has 2 nitrogen and oxygen atoms in total. The van der Waals surface area contributed by atoms with Crippen molar-refractivity contribution in [1.82, 2.24) is 0 Å². The minimum atomic E-state index is -2.22. The number of rotatable bonds is 6. The van der Waals surface area contributed by atoms with E-state index in [-0.39, 0.29) is 5.97 Å². The molecule has 146 valence electrons. The van der Waals surface area contributed by atoms with Gasteiger partial charge in [0, 0.05) is 34.5 Å². The highest BCUT2D eigenvalue weighted by atomic mass is 79.9. The molecule has 0 amide bonds. The molecule has 0 aromatic heterocycles. The van der Waals surface area contributed by atoms with Gasteiger partial charge < -0.3 is 4.18 Å². The van der Waals surface area contributed by atoms with Gasteiger partial charge >= 0.3 is 5.97 Å². The van der Waals surface area contributed by atoms with Gasteiger partial charge in [-0.1, -0.05) is 54.7 Å². The van der Waals surface area contributed by atoms with Crippen LogP contribution >= 0.6 is 58.1 Å². The number of carbonyl (C=O) groups excluding carboxylic acids is 1. The van der Waals surface area contributed by atoms with E-state index in [4.69, 9.17) is 4.18 Å². The van der Waals surface area contributed by atoms with Crippen LogP contribution in [0.1, 0.15) is 19.8 Å². The first-order chi connectivity index (χ1) is 13.5. The third-order valence-electron chi connectivity index (χ3n) is 4.11. The summed E-state index contributed by atoms with van der Waals surface area (Å²) in [6.45, 7) is 1.98. The fourth-order valence-electron chi connectivity index (χ4n) is 2.82. The molecule has 6 heteroatoms. The van der Waals surface area contributed by atoms with Crippen molar-refractivity contribution in [2.45, 2.75) is 34.5 Å². The molecule has 0 saturated carbocycles. The molecule has 0 spiro atoms. The van der Waals surface area contributed by atoms with Crippen molar-refractivity contribution >= 4 is 64.1 Å². The van der Waals surface area contributed by atoms with E-state index in [0.717, 1.165) is 34.5 Å². The Kier molecular flexibility index (Phi) is 7.42. The van der Waals surface area contributed by atoms with Gasteiger partial charge in [0.25, 0.3) is 0 Å². The van der Waals surface area contributed by atoms with Gasteiger partial charge in [-0.3, -0.25) is 4.79 Å². The van der Waals surface area contributed by atoms with Crippen molar-refractivity contribution in [3.63, 3.8) is 0 Å². The summed E-state index contributed by atoms with van der Waals surface area (Å²) in [7, 11) is -2.22. The zero-order valence-electron chi connectivity index (χ0n) is 15.2. The number of hydrogen-bond acceptors (Lipinski definition) is 2. The second kappa shape index (κ2) is 9.61. The summed E-state index contributed by atoms with van der Waals surface area (Å²) in [5.41, 5.74) is 0. The van der Waals surface area contributed by atoms with Gasteiger partial charge in [-0.15, -0.1) is 0 Å². The Bertz CT molecular complexity index is 828. The van der Waals surface area contributed by atoms with Crippen molar-refractivity contribution in [2.75, 3.05) is 0 Å². The van der Waals surface area contributed by atoms with E-state index in [1.165, 1.54) is 0 Å². The largest absolute Gasteiger partial charge is 0.402 e. The standard InChI is InChI=1S/C22H19Br3O2S/c1-2-3-22(26)27-28(19-10-4-16(23)5-11-19,20-12-6-17(24)7-13-20)21-14-8-18(25)9-15-21/h4-15H,2-3H2,1H3. The fraction of sp³-hybridized carbons (Fsp3) is 0.136. The minimum Gasteiger partial charge on any atom is -0.402 e. The van der Waals surface area contributed by atoms with Gasteiger partial charge in [0.15, 0.2) is 0 Å². The van der Waals surface area contributed by atoms with Gasteiger partial charge in [0.1, 0.15) is 0 Å². The first kappa shape index (κ1) is 21.6. The lowest BCUT2D eigenvalue weighted by Gasteiger charge is -2.40. The van der Waals surface area contributed by atoms with E-state index in [1.54, 1.807) is 0 Å². The van der Waals surface area contributed by atoms with E-state index in [1.807, 2.05) is 79.7 Å². The van der Waals surface area contributed by atoms with Gasteiger partial charge in [-0.25, -0.2) is 0 Å². The molecule has 0 atom stereocenters.